The molecule has 0 spiro atoms. The molecular weight excluding hydrogens is 247 g/mol. The van der Waals surface area contributed by atoms with Crippen molar-refractivity contribution in [1.82, 2.24) is 9.88 Å². The highest BCUT2D eigenvalue weighted by molar-refractivity contribution is 5.92. The van der Waals surface area contributed by atoms with Crippen molar-refractivity contribution in [2.45, 2.75) is 13.1 Å². The highest BCUT2D eigenvalue weighted by Crippen LogP contribution is 2.17. The SMILES string of the molecule is CCN(CC(F)(F)F)C(=O)c1ccc(NC)cn1. The van der Waals surface area contributed by atoms with E-state index in [0.717, 1.165) is 0 Å². The Balaban J connectivity index is 2.82. The summed E-state index contributed by atoms with van der Waals surface area (Å²) in [6.07, 6.45) is -3.01. The van der Waals surface area contributed by atoms with Crippen molar-refractivity contribution in [3.05, 3.63) is 24.0 Å². The minimum Gasteiger partial charge on any atom is -0.387 e. The van der Waals surface area contributed by atoms with Crippen LogP contribution in [0.5, 0.6) is 0 Å². The molecule has 1 aromatic heterocycles. The molecule has 0 aromatic carbocycles. The maximum atomic E-state index is 12.3. The molecule has 1 amide bonds. The molecule has 0 aliphatic carbocycles. The first-order valence-electron chi connectivity index (χ1n) is 5.37. The molecule has 1 N–H and O–H groups in total. The standard InChI is InChI=1S/C11H14F3N3O/c1-3-17(7-11(12,13)14)10(18)9-5-4-8(15-2)6-16-9/h4-6,15H,3,7H2,1-2H3. The van der Waals surface area contributed by atoms with Crippen molar-refractivity contribution in [2.75, 3.05) is 25.5 Å². The monoisotopic (exact) mass is 261 g/mol. The van der Waals surface area contributed by atoms with E-state index >= 15 is 0 Å². The molecule has 1 rings (SSSR count). The number of nitrogens with one attached hydrogen (secondary N) is 1. The Bertz CT molecular complexity index is 403. The van der Waals surface area contributed by atoms with Gasteiger partial charge in [0.2, 0.25) is 0 Å². The highest BCUT2D eigenvalue weighted by atomic mass is 19.4. The molecule has 0 saturated carbocycles. The molecule has 4 nitrogen and oxygen atoms in total. The molecule has 0 saturated heterocycles. The van der Waals surface area contributed by atoms with Gasteiger partial charge in [-0.05, 0) is 19.1 Å². The zero-order valence-corrected chi connectivity index (χ0v) is 10.1. The molecule has 100 valence electrons. The van der Waals surface area contributed by atoms with Crippen molar-refractivity contribution in [1.29, 1.82) is 0 Å². The summed E-state index contributed by atoms with van der Waals surface area (Å²) in [5, 5.41) is 2.81. The lowest BCUT2D eigenvalue weighted by atomic mass is 10.3. The van der Waals surface area contributed by atoms with E-state index in [1.807, 2.05) is 0 Å². The number of carbonyl (C=O) groups is 1. The summed E-state index contributed by atoms with van der Waals surface area (Å²) in [6.45, 7) is 0.206. The second-order valence-corrected chi connectivity index (χ2v) is 3.62. The Hall–Kier alpha value is -1.79. The van der Waals surface area contributed by atoms with Crippen LogP contribution in [0.4, 0.5) is 18.9 Å². The number of amides is 1. The number of anilines is 1. The summed E-state index contributed by atoms with van der Waals surface area (Å²) in [7, 11) is 1.68. The predicted molar refractivity (Wildman–Crippen MR) is 61.4 cm³/mol. The summed E-state index contributed by atoms with van der Waals surface area (Å²) in [5.41, 5.74) is 0.686. The van der Waals surface area contributed by atoms with Crippen LogP contribution in [-0.4, -0.2) is 42.1 Å². The third-order valence-corrected chi connectivity index (χ3v) is 2.31. The van der Waals surface area contributed by atoms with Gasteiger partial charge in [0.1, 0.15) is 12.2 Å². The quantitative estimate of drug-likeness (QED) is 0.903. The van der Waals surface area contributed by atoms with Gasteiger partial charge in [-0.25, -0.2) is 4.98 Å². The van der Waals surface area contributed by atoms with Gasteiger partial charge in [0.25, 0.3) is 5.91 Å². The molecule has 0 atom stereocenters. The number of pyridine rings is 1. The van der Waals surface area contributed by atoms with Crippen molar-refractivity contribution < 1.29 is 18.0 Å². The number of rotatable bonds is 4. The van der Waals surface area contributed by atoms with Gasteiger partial charge in [-0.3, -0.25) is 4.79 Å². The molecule has 0 unspecified atom stereocenters. The molecule has 1 heterocycles. The number of hydrogen-bond donors (Lipinski definition) is 1. The van der Waals surface area contributed by atoms with Crippen LogP contribution < -0.4 is 5.32 Å². The topological polar surface area (TPSA) is 45.2 Å². The van der Waals surface area contributed by atoms with Crippen LogP contribution in [0.25, 0.3) is 0 Å². The number of nitrogens with zero attached hydrogens (tertiary/aromatic N) is 2. The summed E-state index contributed by atoms with van der Waals surface area (Å²) in [6, 6.07) is 2.98. The number of aromatic nitrogens is 1. The lowest BCUT2D eigenvalue weighted by Gasteiger charge is -2.21. The maximum absolute atomic E-state index is 12.3. The van der Waals surface area contributed by atoms with E-state index in [1.165, 1.54) is 19.2 Å². The van der Waals surface area contributed by atoms with Gasteiger partial charge >= 0.3 is 6.18 Å². The van der Waals surface area contributed by atoms with Crippen LogP contribution in [0, 0.1) is 0 Å². The van der Waals surface area contributed by atoms with E-state index in [2.05, 4.69) is 10.3 Å². The molecule has 0 aliphatic heterocycles. The van der Waals surface area contributed by atoms with E-state index in [9.17, 15) is 18.0 Å². The summed E-state index contributed by atoms with van der Waals surface area (Å²) < 4.78 is 36.8. The molecule has 0 bridgehead atoms. The third kappa shape index (κ3) is 3.90. The van der Waals surface area contributed by atoms with Gasteiger partial charge in [-0.1, -0.05) is 0 Å². The average Bonchev–Trinajstić information content (AvgIpc) is 2.34. The number of carbonyl (C=O) groups excluding carboxylic acids is 1. The molecule has 7 heteroatoms. The zero-order valence-electron chi connectivity index (χ0n) is 10.1. The smallest absolute Gasteiger partial charge is 0.387 e. The number of alkyl halides is 3. The Morgan fingerprint density at radius 1 is 1.44 bits per heavy atom. The van der Waals surface area contributed by atoms with Gasteiger partial charge in [0.05, 0.1) is 11.9 Å². The third-order valence-electron chi connectivity index (χ3n) is 2.31. The van der Waals surface area contributed by atoms with E-state index in [-0.39, 0.29) is 12.2 Å². The number of hydrogen-bond acceptors (Lipinski definition) is 3. The predicted octanol–water partition coefficient (Wildman–Crippen LogP) is 2.15. The van der Waals surface area contributed by atoms with Crippen LogP contribution in [-0.2, 0) is 0 Å². The molecule has 1 aromatic rings. The fourth-order valence-electron chi connectivity index (χ4n) is 1.37. The van der Waals surface area contributed by atoms with E-state index < -0.39 is 18.6 Å². The summed E-state index contributed by atoms with van der Waals surface area (Å²) in [4.78, 5) is 16.3. The molecule has 0 aliphatic rings. The average molecular weight is 261 g/mol. The van der Waals surface area contributed by atoms with Crippen LogP contribution in [0.15, 0.2) is 18.3 Å². The lowest BCUT2D eigenvalue weighted by molar-refractivity contribution is -0.140. The van der Waals surface area contributed by atoms with Crippen molar-refractivity contribution in [3.63, 3.8) is 0 Å². The van der Waals surface area contributed by atoms with E-state index in [1.54, 1.807) is 13.1 Å². The Morgan fingerprint density at radius 3 is 2.50 bits per heavy atom. The second kappa shape index (κ2) is 5.70. The maximum Gasteiger partial charge on any atom is 0.406 e. The molecule has 0 radical (unpaired) electrons. The van der Waals surface area contributed by atoms with Gasteiger partial charge in [-0.15, -0.1) is 0 Å². The zero-order chi connectivity index (χ0) is 13.8. The largest absolute Gasteiger partial charge is 0.406 e. The van der Waals surface area contributed by atoms with E-state index in [0.29, 0.717) is 10.6 Å². The van der Waals surface area contributed by atoms with Gasteiger partial charge < -0.3 is 10.2 Å². The Labute approximate surface area is 103 Å². The van der Waals surface area contributed by atoms with Crippen LogP contribution in [0.2, 0.25) is 0 Å². The van der Waals surface area contributed by atoms with Gasteiger partial charge in [0.15, 0.2) is 0 Å². The fourth-order valence-corrected chi connectivity index (χ4v) is 1.37. The first-order valence-corrected chi connectivity index (χ1v) is 5.37. The minimum absolute atomic E-state index is 0.0000926. The van der Waals surface area contributed by atoms with Crippen molar-refractivity contribution >= 4 is 11.6 Å². The van der Waals surface area contributed by atoms with Crippen molar-refractivity contribution in [2.24, 2.45) is 0 Å². The molecular formula is C11H14F3N3O. The van der Waals surface area contributed by atoms with Crippen LogP contribution >= 0.6 is 0 Å². The summed E-state index contributed by atoms with van der Waals surface area (Å²) >= 11 is 0. The van der Waals surface area contributed by atoms with Gasteiger partial charge in [-0.2, -0.15) is 13.2 Å². The lowest BCUT2D eigenvalue weighted by Crippen LogP contribution is -2.39. The normalized spacial score (nSPS) is 11.2. The highest BCUT2D eigenvalue weighted by Gasteiger charge is 2.32. The molecule has 18 heavy (non-hydrogen) atoms. The van der Waals surface area contributed by atoms with E-state index in [4.69, 9.17) is 0 Å². The number of halogens is 3. The van der Waals surface area contributed by atoms with Crippen molar-refractivity contribution in [3.8, 4) is 0 Å². The van der Waals surface area contributed by atoms with Crippen LogP contribution in [0.1, 0.15) is 17.4 Å². The molecule has 0 fully saturated rings. The first kappa shape index (κ1) is 14.3. The first-order chi connectivity index (χ1) is 8.37. The Kier molecular flexibility index (Phi) is 4.52. The van der Waals surface area contributed by atoms with Gasteiger partial charge in [0, 0.05) is 13.6 Å². The minimum atomic E-state index is -4.41. The van der Waals surface area contributed by atoms with Crippen LogP contribution in [0.3, 0.4) is 0 Å². The summed E-state index contributed by atoms with van der Waals surface area (Å²) in [5.74, 6) is -0.725. The fraction of sp³-hybridized carbons (Fsp3) is 0.455. The second-order valence-electron chi connectivity index (χ2n) is 3.62. The Morgan fingerprint density at radius 2 is 2.11 bits per heavy atom.